The lowest BCUT2D eigenvalue weighted by Gasteiger charge is -2.30. The zero-order valence-electron chi connectivity index (χ0n) is 12.4. The molecule has 2 aromatic carbocycles. The van der Waals surface area contributed by atoms with Crippen molar-refractivity contribution in [1.82, 2.24) is 4.31 Å². The van der Waals surface area contributed by atoms with Gasteiger partial charge in [-0.3, -0.25) is 0 Å². The van der Waals surface area contributed by atoms with Crippen molar-refractivity contribution in [2.24, 2.45) is 5.73 Å². The highest BCUT2D eigenvalue weighted by Crippen LogP contribution is 2.30. The maximum Gasteiger partial charge on any atom is 0.243 e. The Bertz CT molecular complexity index is 744. The quantitative estimate of drug-likeness (QED) is 0.946. The van der Waals surface area contributed by atoms with Crippen molar-refractivity contribution in [1.29, 1.82) is 0 Å². The summed E-state index contributed by atoms with van der Waals surface area (Å²) in [6.07, 6.45) is 1.69. The SMILES string of the molecule is NC1CCCN(S(=O)(=O)c2ccccc2-c2ccccc2)C1. The zero-order valence-corrected chi connectivity index (χ0v) is 13.2. The van der Waals surface area contributed by atoms with Crippen LogP contribution in [0.3, 0.4) is 0 Å². The van der Waals surface area contributed by atoms with Gasteiger partial charge in [0, 0.05) is 24.7 Å². The second kappa shape index (κ2) is 6.20. The zero-order chi connectivity index (χ0) is 15.6. The molecule has 0 bridgehead atoms. The number of nitrogens with two attached hydrogens (primary N) is 1. The molecule has 22 heavy (non-hydrogen) atoms. The fourth-order valence-electron chi connectivity index (χ4n) is 2.88. The van der Waals surface area contributed by atoms with Crippen LogP contribution in [-0.4, -0.2) is 31.9 Å². The van der Waals surface area contributed by atoms with Crippen LogP contribution in [-0.2, 0) is 10.0 Å². The topological polar surface area (TPSA) is 63.4 Å². The maximum atomic E-state index is 13.0. The molecular weight excluding hydrogens is 296 g/mol. The second-order valence-electron chi connectivity index (χ2n) is 5.63. The standard InChI is InChI=1S/C17H20N2O2S/c18-15-9-6-12-19(13-15)22(20,21)17-11-5-4-10-16(17)14-7-2-1-3-8-14/h1-5,7-8,10-11,15H,6,9,12-13,18H2. The van der Waals surface area contributed by atoms with Gasteiger partial charge in [0.1, 0.15) is 0 Å². The van der Waals surface area contributed by atoms with E-state index in [9.17, 15) is 8.42 Å². The summed E-state index contributed by atoms with van der Waals surface area (Å²) in [5, 5.41) is 0. The van der Waals surface area contributed by atoms with Gasteiger partial charge in [-0.05, 0) is 24.5 Å². The Morgan fingerprint density at radius 3 is 2.41 bits per heavy atom. The van der Waals surface area contributed by atoms with Gasteiger partial charge in [-0.1, -0.05) is 48.5 Å². The number of rotatable bonds is 3. The van der Waals surface area contributed by atoms with Gasteiger partial charge in [-0.15, -0.1) is 0 Å². The van der Waals surface area contributed by atoms with Crippen LogP contribution in [0.2, 0.25) is 0 Å². The Balaban J connectivity index is 2.05. The Labute approximate surface area is 131 Å². The summed E-state index contributed by atoms with van der Waals surface area (Å²) in [6.45, 7) is 0.935. The molecule has 0 spiro atoms. The Morgan fingerprint density at radius 1 is 1.00 bits per heavy atom. The predicted octanol–water partition coefficient (Wildman–Crippen LogP) is 2.47. The molecular formula is C17H20N2O2S. The van der Waals surface area contributed by atoms with Crippen molar-refractivity contribution in [2.45, 2.75) is 23.8 Å². The molecule has 0 radical (unpaired) electrons. The molecule has 1 heterocycles. The molecule has 5 heteroatoms. The fraction of sp³-hybridized carbons (Fsp3) is 0.294. The van der Waals surface area contributed by atoms with Crippen molar-refractivity contribution < 1.29 is 8.42 Å². The molecule has 0 aliphatic carbocycles. The van der Waals surface area contributed by atoms with E-state index in [-0.39, 0.29) is 6.04 Å². The number of nitrogens with zero attached hydrogens (tertiary/aromatic N) is 1. The van der Waals surface area contributed by atoms with Crippen molar-refractivity contribution in [3.8, 4) is 11.1 Å². The van der Waals surface area contributed by atoms with E-state index in [0.717, 1.165) is 24.0 Å². The van der Waals surface area contributed by atoms with Gasteiger partial charge in [-0.25, -0.2) is 8.42 Å². The summed E-state index contributed by atoms with van der Waals surface area (Å²) in [6, 6.07) is 16.7. The molecule has 2 N–H and O–H groups in total. The molecule has 0 aromatic heterocycles. The molecule has 2 aromatic rings. The van der Waals surface area contributed by atoms with E-state index in [1.54, 1.807) is 12.1 Å². The first-order valence-corrected chi connectivity index (χ1v) is 8.93. The summed E-state index contributed by atoms with van der Waals surface area (Å²) in [4.78, 5) is 0.357. The molecule has 116 valence electrons. The highest BCUT2D eigenvalue weighted by Gasteiger charge is 2.30. The highest BCUT2D eigenvalue weighted by molar-refractivity contribution is 7.89. The van der Waals surface area contributed by atoms with Crippen molar-refractivity contribution in [3.63, 3.8) is 0 Å². The van der Waals surface area contributed by atoms with Gasteiger partial charge >= 0.3 is 0 Å². The monoisotopic (exact) mass is 316 g/mol. The number of hydrogen-bond donors (Lipinski definition) is 1. The third-order valence-corrected chi connectivity index (χ3v) is 5.93. The molecule has 1 fully saturated rings. The maximum absolute atomic E-state index is 13.0. The first-order valence-electron chi connectivity index (χ1n) is 7.49. The van der Waals surface area contributed by atoms with Crippen LogP contribution in [0.25, 0.3) is 11.1 Å². The van der Waals surface area contributed by atoms with E-state index in [0.29, 0.717) is 18.0 Å². The van der Waals surface area contributed by atoms with E-state index >= 15 is 0 Å². The van der Waals surface area contributed by atoms with Crippen molar-refractivity contribution in [3.05, 3.63) is 54.6 Å². The number of benzene rings is 2. The summed E-state index contributed by atoms with van der Waals surface area (Å²) in [5.41, 5.74) is 7.59. The smallest absolute Gasteiger partial charge is 0.243 e. The third kappa shape index (κ3) is 2.92. The van der Waals surface area contributed by atoms with Crippen LogP contribution >= 0.6 is 0 Å². The van der Waals surface area contributed by atoms with Gasteiger partial charge in [0.15, 0.2) is 0 Å². The van der Waals surface area contributed by atoms with E-state index < -0.39 is 10.0 Å². The van der Waals surface area contributed by atoms with Crippen LogP contribution < -0.4 is 5.73 Å². The van der Waals surface area contributed by atoms with E-state index in [4.69, 9.17) is 5.73 Å². The van der Waals surface area contributed by atoms with E-state index in [1.165, 1.54) is 4.31 Å². The number of sulfonamides is 1. The lowest BCUT2D eigenvalue weighted by molar-refractivity contribution is 0.316. The average Bonchev–Trinajstić information content (AvgIpc) is 2.56. The molecule has 1 unspecified atom stereocenters. The Hall–Kier alpha value is -1.69. The molecule has 4 nitrogen and oxygen atoms in total. The predicted molar refractivity (Wildman–Crippen MR) is 87.8 cm³/mol. The average molecular weight is 316 g/mol. The van der Waals surface area contributed by atoms with Gasteiger partial charge in [0.2, 0.25) is 10.0 Å². The minimum Gasteiger partial charge on any atom is -0.327 e. The Morgan fingerprint density at radius 2 is 1.68 bits per heavy atom. The lowest BCUT2D eigenvalue weighted by atomic mass is 10.1. The van der Waals surface area contributed by atoms with E-state index in [1.807, 2.05) is 42.5 Å². The van der Waals surface area contributed by atoms with Crippen LogP contribution in [0.4, 0.5) is 0 Å². The van der Waals surface area contributed by atoms with Crippen LogP contribution in [0.1, 0.15) is 12.8 Å². The molecule has 0 amide bonds. The molecule has 1 saturated heterocycles. The summed E-state index contributed by atoms with van der Waals surface area (Å²) >= 11 is 0. The highest BCUT2D eigenvalue weighted by atomic mass is 32.2. The second-order valence-corrected chi connectivity index (χ2v) is 7.53. The number of piperidine rings is 1. The molecule has 1 aliphatic heterocycles. The van der Waals surface area contributed by atoms with Crippen LogP contribution in [0, 0.1) is 0 Å². The molecule has 1 aliphatic rings. The van der Waals surface area contributed by atoms with Crippen LogP contribution in [0.15, 0.2) is 59.5 Å². The minimum absolute atomic E-state index is 0.0765. The van der Waals surface area contributed by atoms with E-state index in [2.05, 4.69) is 0 Å². The number of hydrogen-bond acceptors (Lipinski definition) is 3. The molecule has 0 saturated carbocycles. The normalized spacial score (nSPS) is 20.0. The minimum atomic E-state index is -3.52. The largest absolute Gasteiger partial charge is 0.327 e. The third-order valence-electron chi connectivity index (χ3n) is 4.01. The van der Waals surface area contributed by atoms with Gasteiger partial charge in [0.05, 0.1) is 4.90 Å². The summed E-state index contributed by atoms with van der Waals surface area (Å²) in [7, 11) is -3.52. The van der Waals surface area contributed by atoms with Crippen molar-refractivity contribution in [2.75, 3.05) is 13.1 Å². The van der Waals surface area contributed by atoms with Gasteiger partial charge < -0.3 is 5.73 Å². The first kappa shape index (κ1) is 15.2. The van der Waals surface area contributed by atoms with Gasteiger partial charge in [-0.2, -0.15) is 4.31 Å². The van der Waals surface area contributed by atoms with Crippen LogP contribution in [0.5, 0.6) is 0 Å². The Kier molecular flexibility index (Phi) is 4.29. The molecule has 1 atom stereocenters. The van der Waals surface area contributed by atoms with Crippen molar-refractivity contribution >= 4 is 10.0 Å². The summed E-state index contributed by atoms with van der Waals surface area (Å²) < 4.78 is 27.5. The lowest BCUT2D eigenvalue weighted by Crippen LogP contribution is -2.45. The first-order chi connectivity index (χ1) is 10.6. The molecule has 3 rings (SSSR count). The fourth-order valence-corrected chi connectivity index (χ4v) is 4.63. The summed E-state index contributed by atoms with van der Waals surface area (Å²) in [5.74, 6) is 0. The van der Waals surface area contributed by atoms with Gasteiger partial charge in [0.25, 0.3) is 0 Å².